The molecule has 1 saturated heterocycles. The van der Waals surface area contributed by atoms with Gasteiger partial charge in [-0.2, -0.15) is 0 Å². The first kappa shape index (κ1) is 14.0. The van der Waals surface area contributed by atoms with Gasteiger partial charge in [-0.05, 0) is 31.0 Å². The van der Waals surface area contributed by atoms with E-state index < -0.39 is 5.97 Å². The van der Waals surface area contributed by atoms with E-state index >= 15 is 0 Å². The van der Waals surface area contributed by atoms with Crippen molar-refractivity contribution in [2.75, 3.05) is 18.8 Å². The van der Waals surface area contributed by atoms with Crippen LogP contribution < -0.4 is 0 Å². The van der Waals surface area contributed by atoms with Crippen molar-refractivity contribution in [3.05, 3.63) is 29.8 Å². The van der Waals surface area contributed by atoms with E-state index in [-0.39, 0.29) is 6.04 Å². The fraction of sp³-hybridized carbons (Fsp3) is 0.562. The Morgan fingerprint density at radius 1 is 1.30 bits per heavy atom. The van der Waals surface area contributed by atoms with Crippen LogP contribution in [-0.2, 0) is 4.79 Å². The number of hydrogen-bond acceptors (Lipinski definition) is 3. The van der Waals surface area contributed by atoms with Gasteiger partial charge in [-0.1, -0.05) is 31.0 Å². The summed E-state index contributed by atoms with van der Waals surface area (Å²) in [6.45, 7) is 1.82. The average molecular weight is 291 g/mol. The van der Waals surface area contributed by atoms with Crippen LogP contribution in [0.25, 0.3) is 0 Å². The Balaban J connectivity index is 1.74. The minimum absolute atomic E-state index is 0.282. The lowest BCUT2D eigenvalue weighted by molar-refractivity contribution is -0.143. The SMILES string of the molecule is O=C(O)C1CCCCCN1CC1CSc2ccccc21. The molecule has 0 spiro atoms. The molecule has 0 amide bonds. The summed E-state index contributed by atoms with van der Waals surface area (Å²) < 4.78 is 0. The third kappa shape index (κ3) is 2.86. The van der Waals surface area contributed by atoms with E-state index in [1.807, 2.05) is 11.8 Å². The van der Waals surface area contributed by atoms with Gasteiger partial charge >= 0.3 is 5.97 Å². The van der Waals surface area contributed by atoms with Crippen LogP contribution in [0.1, 0.15) is 37.2 Å². The molecule has 2 aliphatic rings. The third-order valence-corrected chi connectivity index (χ3v) is 5.65. The van der Waals surface area contributed by atoms with Crippen LogP contribution in [0.5, 0.6) is 0 Å². The number of aliphatic carboxylic acids is 1. The number of rotatable bonds is 3. The van der Waals surface area contributed by atoms with Crippen LogP contribution in [0.3, 0.4) is 0 Å². The summed E-state index contributed by atoms with van der Waals surface area (Å²) in [5.41, 5.74) is 1.41. The second-order valence-electron chi connectivity index (χ2n) is 5.74. The van der Waals surface area contributed by atoms with Gasteiger partial charge in [-0.25, -0.2) is 0 Å². The van der Waals surface area contributed by atoms with E-state index in [2.05, 4.69) is 29.2 Å². The first-order valence-electron chi connectivity index (χ1n) is 7.44. The molecule has 1 fully saturated rings. The maximum atomic E-state index is 11.5. The van der Waals surface area contributed by atoms with Gasteiger partial charge in [0.05, 0.1) is 0 Å². The number of carboxylic acid groups (broad SMARTS) is 1. The second kappa shape index (κ2) is 6.19. The van der Waals surface area contributed by atoms with Crippen LogP contribution in [0, 0.1) is 0 Å². The van der Waals surface area contributed by atoms with Crippen molar-refractivity contribution in [1.29, 1.82) is 0 Å². The number of nitrogens with zero attached hydrogens (tertiary/aromatic N) is 1. The molecular formula is C16H21NO2S. The first-order chi connectivity index (χ1) is 9.75. The number of carboxylic acids is 1. The lowest BCUT2D eigenvalue weighted by atomic mass is 9.99. The quantitative estimate of drug-likeness (QED) is 0.928. The van der Waals surface area contributed by atoms with Crippen LogP contribution in [0.2, 0.25) is 0 Å². The van der Waals surface area contributed by atoms with E-state index in [9.17, 15) is 9.90 Å². The third-order valence-electron chi connectivity index (χ3n) is 4.40. The van der Waals surface area contributed by atoms with E-state index in [1.165, 1.54) is 10.5 Å². The van der Waals surface area contributed by atoms with Gasteiger partial charge < -0.3 is 5.11 Å². The Hall–Kier alpha value is -1.00. The Morgan fingerprint density at radius 3 is 3.00 bits per heavy atom. The molecule has 1 aromatic rings. The highest BCUT2D eigenvalue weighted by Gasteiger charge is 2.31. The van der Waals surface area contributed by atoms with Crippen molar-refractivity contribution in [3.8, 4) is 0 Å². The molecule has 2 heterocycles. The lowest BCUT2D eigenvalue weighted by Gasteiger charge is -2.29. The van der Waals surface area contributed by atoms with Crippen LogP contribution in [0.4, 0.5) is 0 Å². The molecule has 0 saturated carbocycles. The minimum atomic E-state index is -0.647. The summed E-state index contributed by atoms with van der Waals surface area (Å²) in [5, 5.41) is 9.46. The largest absolute Gasteiger partial charge is 0.480 e. The maximum absolute atomic E-state index is 11.5. The van der Waals surface area contributed by atoms with Gasteiger partial charge in [0, 0.05) is 23.1 Å². The molecule has 3 rings (SSSR count). The lowest BCUT2D eigenvalue weighted by Crippen LogP contribution is -2.42. The monoisotopic (exact) mass is 291 g/mol. The minimum Gasteiger partial charge on any atom is -0.480 e. The molecule has 1 N–H and O–H groups in total. The fourth-order valence-corrected chi connectivity index (χ4v) is 4.57. The molecule has 20 heavy (non-hydrogen) atoms. The van der Waals surface area contributed by atoms with Gasteiger partial charge in [-0.15, -0.1) is 11.8 Å². The van der Waals surface area contributed by atoms with Crippen LogP contribution in [-0.4, -0.2) is 40.9 Å². The Kier molecular flexibility index (Phi) is 4.32. The topological polar surface area (TPSA) is 40.5 Å². The maximum Gasteiger partial charge on any atom is 0.320 e. The molecular weight excluding hydrogens is 270 g/mol. The standard InChI is InChI=1S/C16H21NO2S/c18-16(19)14-7-2-1-5-9-17(14)10-12-11-20-15-8-4-3-6-13(12)15/h3-4,6,8,12,14H,1-2,5,7,9-11H2,(H,18,19). The van der Waals surface area contributed by atoms with Crippen molar-refractivity contribution in [3.63, 3.8) is 0 Å². The van der Waals surface area contributed by atoms with E-state index in [4.69, 9.17) is 0 Å². The molecule has 0 bridgehead atoms. The molecule has 3 nitrogen and oxygen atoms in total. The number of likely N-dealkylation sites (tertiary alicyclic amines) is 1. The number of thioether (sulfide) groups is 1. The predicted molar refractivity (Wildman–Crippen MR) is 81.4 cm³/mol. The summed E-state index contributed by atoms with van der Waals surface area (Å²) in [6, 6.07) is 8.27. The van der Waals surface area contributed by atoms with Gasteiger partial charge in [0.15, 0.2) is 0 Å². The summed E-state index contributed by atoms with van der Waals surface area (Å²) in [6.07, 6.45) is 4.14. The zero-order valence-corrected chi connectivity index (χ0v) is 12.4. The van der Waals surface area contributed by atoms with Crippen molar-refractivity contribution in [2.24, 2.45) is 0 Å². The Morgan fingerprint density at radius 2 is 2.15 bits per heavy atom. The molecule has 2 aliphatic heterocycles. The number of fused-ring (bicyclic) bond motifs is 1. The predicted octanol–water partition coefficient (Wildman–Crippen LogP) is 3.21. The zero-order valence-electron chi connectivity index (χ0n) is 11.6. The molecule has 0 aliphatic carbocycles. The summed E-state index contributed by atoms with van der Waals surface area (Å²) in [4.78, 5) is 15.1. The van der Waals surface area contributed by atoms with Crippen molar-refractivity contribution < 1.29 is 9.90 Å². The van der Waals surface area contributed by atoms with Crippen molar-refractivity contribution >= 4 is 17.7 Å². The van der Waals surface area contributed by atoms with Gasteiger partial charge in [0.25, 0.3) is 0 Å². The highest BCUT2D eigenvalue weighted by molar-refractivity contribution is 7.99. The summed E-state index contributed by atoms with van der Waals surface area (Å²) in [5.74, 6) is 0.921. The van der Waals surface area contributed by atoms with Crippen molar-refractivity contribution in [2.45, 2.75) is 42.5 Å². The number of carbonyl (C=O) groups is 1. The van der Waals surface area contributed by atoms with E-state index in [0.717, 1.165) is 44.5 Å². The molecule has 4 heteroatoms. The Bertz CT molecular complexity index is 491. The average Bonchev–Trinajstić information content (AvgIpc) is 2.69. The highest BCUT2D eigenvalue weighted by Crippen LogP contribution is 2.40. The molecule has 0 aromatic heterocycles. The summed E-state index contributed by atoms with van der Waals surface area (Å²) >= 11 is 1.91. The molecule has 2 atom stereocenters. The highest BCUT2D eigenvalue weighted by atomic mass is 32.2. The molecule has 108 valence electrons. The van der Waals surface area contributed by atoms with Crippen LogP contribution >= 0.6 is 11.8 Å². The molecule has 0 radical (unpaired) electrons. The normalized spacial score (nSPS) is 27.0. The molecule has 2 unspecified atom stereocenters. The number of benzene rings is 1. The van der Waals surface area contributed by atoms with E-state index in [0.29, 0.717) is 5.92 Å². The number of hydrogen-bond donors (Lipinski definition) is 1. The van der Waals surface area contributed by atoms with Crippen LogP contribution in [0.15, 0.2) is 29.2 Å². The Labute approximate surface area is 124 Å². The van der Waals surface area contributed by atoms with Gasteiger partial charge in [0.2, 0.25) is 0 Å². The summed E-state index contributed by atoms with van der Waals surface area (Å²) in [7, 11) is 0. The van der Waals surface area contributed by atoms with Crippen molar-refractivity contribution in [1.82, 2.24) is 4.90 Å². The first-order valence-corrected chi connectivity index (χ1v) is 8.43. The van der Waals surface area contributed by atoms with Gasteiger partial charge in [-0.3, -0.25) is 9.69 Å². The zero-order chi connectivity index (χ0) is 13.9. The fourth-order valence-electron chi connectivity index (χ4n) is 3.33. The van der Waals surface area contributed by atoms with E-state index in [1.54, 1.807) is 0 Å². The smallest absolute Gasteiger partial charge is 0.320 e. The second-order valence-corrected chi connectivity index (χ2v) is 6.81. The van der Waals surface area contributed by atoms with Gasteiger partial charge in [0.1, 0.15) is 6.04 Å². The molecule has 1 aromatic carbocycles.